The molecule has 0 bridgehead atoms. The lowest BCUT2D eigenvalue weighted by molar-refractivity contribution is 0.309. The van der Waals surface area contributed by atoms with Crippen LogP contribution in [0.4, 0.5) is 0 Å². The molecule has 0 radical (unpaired) electrons. The third-order valence-electron chi connectivity index (χ3n) is 4.19. The molecule has 0 aliphatic heterocycles. The zero-order valence-electron chi connectivity index (χ0n) is 9.18. The van der Waals surface area contributed by atoms with Gasteiger partial charge in [0.25, 0.3) is 0 Å². The van der Waals surface area contributed by atoms with Gasteiger partial charge >= 0.3 is 0 Å². The molecule has 2 saturated carbocycles. The number of hydrogen-bond acceptors (Lipinski definition) is 0. The molecule has 2 aliphatic carbocycles. The molecule has 2 unspecified atom stereocenters. The Hall–Kier alpha value is 0.290. The topological polar surface area (TPSA) is 0 Å². The van der Waals surface area contributed by atoms with E-state index in [0.29, 0.717) is 5.38 Å². The summed E-state index contributed by atoms with van der Waals surface area (Å²) in [6.07, 6.45) is 14.4. The Morgan fingerprint density at radius 1 is 0.786 bits per heavy atom. The van der Waals surface area contributed by atoms with Crippen LogP contribution in [0.3, 0.4) is 0 Å². The van der Waals surface area contributed by atoms with Gasteiger partial charge in [0.2, 0.25) is 0 Å². The Kier molecular flexibility index (Phi) is 4.16. The average molecular weight is 215 g/mol. The van der Waals surface area contributed by atoms with Crippen molar-refractivity contribution in [2.75, 3.05) is 0 Å². The number of halogens is 1. The molecule has 0 nitrogen and oxygen atoms in total. The summed E-state index contributed by atoms with van der Waals surface area (Å²) in [5, 5.41) is 0.506. The van der Waals surface area contributed by atoms with Crippen LogP contribution in [-0.4, -0.2) is 5.38 Å². The normalized spacial score (nSPS) is 34.9. The molecule has 2 atom stereocenters. The van der Waals surface area contributed by atoms with Gasteiger partial charge in [-0.05, 0) is 31.1 Å². The van der Waals surface area contributed by atoms with Crippen molar-refractivity contribution in [3.63, 3.8) is 0 Å². The molecule has 0 amide bonds. The van der Waals surface area contributed by atoms with Gasteiger partial charge in [-0.25, -0.2) is 0 Å². The lowest BCUT2D eigenvalue weighted by Gasteiger charge is -2.22. The third kappa shape index (κ3) is 3.15. The van der Waals surface area contributed by atoms with Crippen LogP contribution in [0.15, 0.2) is 0 Å². The van der Waals surface area contributed by atoms with Crippen LogP contribution in [0.1, 0.15) is 64.2 Å². The van der Waals surface area contributed by atoms with E-state index < -0.39 is 0 Å². The summed E-state index contributed by atoms with van der Waals surface area (Å²) in [5.74, 6) is 2.04. The molecule has 14 heavy (non-hydrogen) atoms. The lowest BCUT2D eigenvalue weighted by Crippen LogP contribution is -2.08. The predicted molar refractivity (Wildman–Crippen MR) is 62.8 cm³/mol. The summed E-state index contributed by atoms with van der Waals surface area (Å²) in [6.45, 7) is 0. The first-order chi connectivity index (χ1) is 6.84. The Balaban J connectivity index is 1.61. The number of rotatable bonds is 3. The molecule has 0 N–H and O–H groups in total. The molecule has 0 saturated heterocycles. The summed E-state index contributed by atoms with van der Waals surface area (Å²) in [7, 11) is 0. The van der Waals surface area contributed by atoms with Gasteiger partial charge in [0.05, 0.1) is 0 Å². The first kappa shape index (κ1) is 10.8. The highest BCUT2D eigenvalue weighted by molar-refractivity contribution is 6.20. The summed E-state index contributed by atoms with van der Waals surface area (Å²) in [6, 6.07) is 0. The monoisotopic (exact) mass is 214 g/mol. The highest BCUT2D eigenvalue weighted by Crippen LogP contribution is 2.35. The van der Waals surface area contributed by atoms with Gasteiger partial charge < -0.3 is 0 Å². The van der Waals surface area contributed by atoms with Crippen LogP contribution in [0.2, 0.25) is 0 Å². The van der Waals surface area contributed by atoms with Crippen LogP contribution >= 0.6 is 11.6 Å². The second-order valence-corrected chi connectivity index (χ2v) is 5.97. The quantitative estimate of drug-likeness (QED) is 0.595. The Morgan fingerprint density at radius 3 is 2.14 bits per heavy atom. The van der Waals surface area contributed by atoms with E-state index in [1.807, 2.05) is 0 Å². The van der Waals surface area contributed by atoms with E-state index in [0.717, 1.165) is 11.8 Å². The van der Waals surface area contributed by atoms with Crippen molar-refractivity contribution in [3.8, 4) is 0 Å². The van der Waals surface area contributed by atoms with E-state index in [9.17, 15) is 0 Å². The molecule has 0 spiro atoms. The second-order valence-electron chi connectivity index (χ2n) is 5.36. The first-order valence-electron chi connectivity index (χ1n) is 6.48. The standard InChI is InChI=1S/C13H23Cl/c14-13-9-8-12(10-13)7-6-11-4-2-1-3-5-11/h11-13H,1-10H2. The molecule has 2 rings (SSSR count). The molecular weight excluding hydrogens is 192 g/mol. The van der Waals surface area contributed by atoms with Crippen LogP contribution in [0, 0.1) is 11.8 Å². The molecular formula is C13H23Cl. The van der Waals surface area contributed by atoms with Crippen molar-refractivity contribution in [1.82, 2.24) is 0 Å². The largest absolute Gasteiger partial charge is 0.123 e. The van der Waals surface area contributed by atoms with Crippen molar-refractivity contribution < 1.29 is 0 Å². The molecule has 2 fully saturated rings. The van der Waals surface area contributed by atoms with E-state index in [1.54, 1.807) is 0 Å². The molecule has 0 aromatic rings. The highest BCUT2D eigenvalue weighted by Gasteiger charge is 2.23. The van der Waals surface area contributed by atoms with Gasteiger partial charge in [-0.2, -0.15) is 0 Å². The van der Waals surface area contributed by atoms with Gasteiger partial charge in [0.1, 0.15) is 0 Å². The van der Waals surface area contributed by atoms with Crippen LogP contribution in [0.5, 0.6) is 0 Å². The van der Waals surface area contributed by atoms with Crippen molar-refractivity contribution in [2.45, 2.75) is 69.6 Å². The van der Waals surface area contributed by atoms with Crippen molar-refractivity contribution in [1.29, 1.82) is 0 Å². The SMILES string of the molecule is ClC1CCC(CCC2CCCCC2)C1. The average Bonchev–Trinajstić information content (AvgIpc) is 2.63. The minimum atomic E-state index is 0.506. The molecule has 1 heteroatoms. The number of hydrogen-bond donors (Lipinski definition) is 0. The Bertz CT molecular complexity index is 156. The molecule has 0 aromatic carbocycles. The van der Waals surface area contributed by atoms with Gasteiger partial charge in [0, 0.05) is 5.38 Å². The number of alkyl halides is 1. The van der Waals surface area contributed by atoms with E-state index in [4.69, 9.17) is 11.6 Å². The minimum absolute atomic E-state index is 0.506. The van der Waals surface area contributed by atoms with Crippen LogP contribution in [-0.2, 0) is 0 Å². The molecule has 2 aliphatic rings. The third-order valence-corrected chi connectivity index (χ3v) is 4.58. The van der Waals surface area contributed by atoms with Gasteiger partial charge in [-0.15, -0.1) is 11.6 Å². The molecule has 0 heterocycles. The van der Waals surface area contributed by atoms with E-state index in [2.05, 4.69) is 0 Å². The van der Waals surface area contributed by atoms with Crippen LogP contribution < -0.4 is 0 Å². The molecule has 0 aromatic heterocycles. The maximum Gasteiger partial charge on any atom is 0.0338 e. The van der Waals surface area contributed by atoms with Crippen LogP contribution in [0.25, 0.3) is 0 Å². The second kappa shape index (κ2) is 5.39. The van der Waals surface area contributed by atoms with Gasteiger partial charge in [-0.3, -0.25) is 0 Å². The van der Waals surface area contributed by atoms with Crippen molar-refractivity contribution in [3.05, 3.63) is 0 Å². The fraction of sp³-hybridized carbons (Fsp3) is 1.00. The maximum atomic E-state index is 6.13. The summed E-state index contributed by atoms with van der Waals surface area (Å²) in [5.41, 5.74) is 0. The zero-order valence-corrected chi connectivity index (χ0v) is 9.94. The van der Waals surface area contributed by atoms with E-state index >= 15 is 0 Å². The Labute approximate surface area is 93.4 Å². The summed E-state index contributed by atoms with van der Waals surface area (Å²) < 4.78 is 0. The summed E-state index contributed by atoms with van der Waals surface area (Å²) in [4.78, 5) is 0. The summed E-state index contributed by atoms with van der Waals surface area (Å²) >= 11 is 6.13. The lowest BCUT2D eigenvalue weighted by atomic mass is 9.84. The smallest absolute Gasteiger partial charge is 0.0338 e. The van der Waals surface area contributed by atoms with Crippen molar-refractivity contribution in [2.24, 2.45) is 11.8 Å². The zero-order chi connectivity index (χ0) is 9.80. The van der Waals surface area contributed by atoms with Gasteiger partial charge in [0.15, 0.2) is 0 Å². The fourth-order valence-corrected chi connectivity index (χ4v) is 3.60. The minimum Gasteiger partial charge on any atom is -0.123 e. The Morgan fingerprint density at radius 2 is 1.50 bits per heavy atom. The molecule has 82 valence electrons. The first-order valence-corrected chi connectivity index (χ1v) is 6.92. The van der Waals surface area contributed by atoms with E-state index in [-0.39, 0.29) is 0 Å². The predicted octanol–water partition coefficient (Wildman–Crippen LogP) is 4.75. The highest BCUT2D eigenvalue weighted by atomic mass is 35.5. The van der Waals surface area contributed by atoms with Crippen molar-refractivity contribution >= 4 is 11.6 Å². The fourth-order valence-electron chi connectivity index (χ4n) is 3.22. The maximum absolute atomic E-state index is 6.13. The van der Waals surface area contributed by atoms with E-state index in [1.165, 1.54) is 64.2 Å². The van der Waals surface area contributed by atoms with Gasteiger partial charge in [-0.1, -0.05) is 44.9 Å².